The van der Waals surface area contributed by atoms with Crippen LogP contribution in [-0.4, -0.2) is 45.6 Å². The van der Waals surface area contributed by atoms with Crippen molar-refractivity contribution >= 4 is 35.1 Å². The summed E-state index contributed by atoms with van der Waals surface area (Å²) in [7, 11) is 0.439. The first-order valence-corrected chi connectivity index (χ1v) is 7.62. The molecule has 0 saturated carbocycles. The molecular weight excluding hydrogens is 352 g/mol. The van der Waals surface area contributed by atoms with Gasteiger partial charge in [0, 0.05) is 19.5 Å². The smallest absolute Gasteiger partial charge is 0.106 e. The van der Waals surface area contributed by atoms with Gasteiger partial charge in [-0.3, -0.25) is 0 Å². The minimum absolute atomic E-state index is 0. The van der Waals surface area contributed by atoms with Crippen molar-refractivity contribution in [1.29, 1.82) is 0 Å². The normalized spacial score (nSPS) is 6.53. The van der Waals surface area contributed by atoms with E-state index in [2.05, 4.69) is 20.8 Å². The molecule has 0 aromatic carbocycles. The first-order chi connectivity index (χ1) is 8.85. The summed E-state index contributed by atoms with van der Waals surface area (Å²) in [6, 6.07) is 0. The molecule has 0 amide bonds. The van der Waals surface area contributed by atoms with Gasteiger partial charge in [-0.15, -0.1) is 7.92 Å². The Bertz CT molecular complexity index is 98.6. The summed E-state index contributed by atoms with van der Waals surface area (Å²) in [5.74, 6) is 0. The Labute approximate surface area is 132 Å². The monoisotopic (exact) mass is 382 g/mol. The molecule has 19 heavy (non-hydrogen) atoms. The van der Waals surface area contributed by atoms with Gasteiger partial charge in [0.25, 0.3) is 0 Å². The molecule has 0 heterocycles. The topological polar surface area (TPSA) is 68.3 Å². The summed E-state index contributed by atoms with van der Waals surface area (Å²) in [6.07, 6.45) is 8.72. The molecule has 0 radical (unpaired) electrons. The van der Waals surface area contributed by atoms with Gasteiger partial charge >= 0.3 is 0 Å². The van der Waals surface area contributed by atoms with Crippen molar-refractivity contribution in [2.45, 2.75) is 40.0 Å². The fourth-order valence-electron chi connectivity index (χ4n) is 1.28. The van der Waals surface area contributed by atoms with E-state index < -0.39 is 0 Å². The van der Waals surface area contributed by atoms with Crippen molar-refractivity contribution in [3.8, 4) is 0 Å². The van der Waals surface area contributed by atoms with Gasteiger partial charge in [-0.1, -0.05) is 40.0 Å². The van der Waals surface area contributed by atoms with Crippen LogP contribution in [0.25, 0.3) is 0 Å². The van der Waals surface area contributed by atoms with Crippen LogP contribution in [0.4, 0.5) is 0 Å². The van der Waals surface area contributed by atoms with Crippen LogP contribution in [0.15, 0.2) is 0 Å². The van der Waals surface area contributed by atoms with Crippen LogP contribution in [0.5, 0.6) is 0 Å². The molecule has 0 fully saturated rings. The Morgan fingerprint density at radius 3 is 0.842 bits per heavy atom. The van der Waals surface area contributed by atoms with E-state index in [1.54, 1.807) is 0 Å². The van der Waals surface area contributed by atoms with Crippen molar-refractivity contribution in [3.63, 3.8) is 0 Å². The number of carbonyl (C=O) groups excluding carboxylic acids is 4. The van der Waals surface area contributed by atoms with E-state index in [4.69, 9.17) is 19.2 Å². The van der Waals surface area contributed by atoms with E-state index in [9.17, 15) is 0 Å². The molecule has 0 rings (SSSR count). The standard InChI is InChI=1S/C9H21P.4CH2O.Ru/c1-4-7-10(8-5-2)9-6-3;4*1-2;/h4-9H2,1-3H3;4*1H2;. The molecule has 0 aliphatic rings. The van der Waals surface area contributed by atoms with Crippen LogP contribution < -0.4 is 0 Å². The zero-order valence-electron chi connectivity index (χ0n) is 12.5. The van der Waals surface area contributed by atoms with Gasteiger partial charge < -0.3 is 19.2 Å². The molecule has 4 nitrogen and oxygen atoms in total. The average molecular weight is 381 g/mol. The molecule has 0 aromatic rings. The van der Waals surface area contributed by atoms with E-state index in [1.165, 1.54) is 37.7 Å². The summed E-state index contributed by atoms with van der Waals surface area (Å²) >= 11 is 0. The summed E-state index contributed by atoms with van der Waals surface area (Å²) < 4.78 is 0. The second-order valence-corrected chi connectivity index (χ2v) is 5.52. The molecule has 0 saturated heterocycles. The fraction of sp³-hybridized carbons (Fsp3) is 0.692. The molecule has 0 aromatic heterocycles. The molecule has 0 spiro atoms. The van der Waals surface area contributed by atoms with Gasteiger partial charge in [0.15, 0.2) is 0 Å². The van der Waals surface area contributed by atoms with E-state index >= 15 is 0 Å². The molecule has 0 unspecified atom stereocenters. The Morgan fingerprint density at radius 2 is 0.737 bits per heavy atom. The van der Waals surface area contributed by atoms with Gasteiger partial charge in [-0.2, -0.15) is 0 Å². The average Bonchev–Trinajstić information content (AvgIpc) is 2.48. The number of hydrogen-bond acceptors (Lipinski definition) is 4. The van der Waals surface area contributed by atoms with Gasteiger partial charge in [-0.25, -0.2) is 0 Å². The van der Waals surface area contributed by atoms with E-state index in [1.807, 2.05) is 27.2 Å². The maximum atomic E-state index is 8.00. The van der Waals surface area contributed by atoms with Crippen molar-refractivity contribution in [2.24, 2.45) is 0 Å². The molecule has 0 atom stereocenters. The maximum Gasteiger partial charge on any atom is 0.106 e. The molecule has 0 bridgehead atoms. The van der Waals surface area contributed by atoms with Crippen molar-refractivity contribution in [3.05, 3.63) is 0 Å². The third-order valence-corrected chi connectivity index (χ3v) is 4.86. The fourth-order valence-corrected chi connectivity index (χ4v) is 3.85. The molecule has 0 N–H and O–H groups in total. The maximum absolute atomic E-state index is 8.00. The van der Waals surface area contributed by atoms with E-state index in [-0.39, 0.29) is 19.5 Å². The Hall–Kier alpha value is -0.267. The van der Waals surface area contributed by atoms with Gasteiger partial charge in [0.05, 0.1) is 0 Å². The molecule has 0 aliphatic heterocycles. The van der Waals surface area contributed by atoms with Crippen LogP contribution >= 0.6 is 7.92 Å². The van der Waals surface area contributed by atoms with Crippen LogP contribution in [0, 0.1) is 0 Å². The summed E-state index contributed by atoms with van der Waals surface area (Å²) in [5.41, 5.74) is 0. The number of carbonyl (C=O) groups is 4. The van der Waals surface area contributed by atoms with Crippen LogP contribution in [0.3, 0.4) is 0 Å². The first-order valence-electron chi connectivity index (χ1n) is 5.72. The molecular formula is C13H29O4PRu. The quantitative estimate of drug-likeness (QED) is 0.524. The first kappa shape index (κ1) is 36.3. The van der Waals surface area contributed by atoms with Crippen LogP contribution in [0.2, 0.25) is 0 Å². The molecule has 118 valence electrons. The second-order valence-electron chi connectivity index (χ2n) is 2.84. The predicted octanol–water partition coefficient (Wildman–Crippen LogP) is 2.96. The summed E-state index contributed by atoms with van der Waals surface area (Å²) in [5, 5.41) is 0. The molecule has 6 heteroatoms. The third-order valence-electron chi connectivity index (χ3n) is 1.62. The molecule has 0 aliphatic carbocycles. The largest absolute Gasteiger partial charge is 0.307 e. The van der Waals surface area contributed by atoms with Gasteiger partial charge in [0.2, 0.25) is 0 Å². The Morgan fingerprint density at radius 1 is 0.579 bits per heavy atom. The van der Waals surface area contributed by atoms with Crippen molar-refractivity contribution in [2.75, 3.05) is 18.5 Å². The number of rotatable bonds is 6. The second kappa shape index (κ2) is 65.1. The Kier molecular flexibility index (Phi) is 124. The SMILES string of the molecule is C=O.C=O.C=O.C=O.CCCP(CCC)CCC.[Ru]. The van der Waals surface area contributed by atoms with Crippen LogP contribution in [-0.2, 0) is 38.7 Å². The van der Waals surface area contributed by atoms with E-state index in [0.29, 0.717) is 7.92 Å². The van der Waals surface area contributed by atoms with Crippen LogP contribution in [0.1, 0.15) is 40.0 Å². The minimum atomic E-state index is 0. The van der Waals surface area contributed by atoms with Crippen molar-refractivity contribution < 1.29 is 38.7 Å². The number of hydrogen-bond donors (Lipinski definition) is 0. The zero-order chi connectivity index (χ0) is 15.8. The van der Waals surface area contributed by atoms with E-state index in [0.717, 1.165) is 0 Å². The van der Waals surface area contributed by atoms with Gasteiger partial charge in [0.1, 0.15) is 27.2 Å². The van der Waals surface area contributed by atoms with Crippen molar-refractivity contribution in [1.82, 2.24) is 0 Å². The minimum Gasteiger partial charge on any atom is -0.307 e. The zero-order valence-corrected chi connectivity index (χ0v) is 15.1. The van der Waals surface area contributed by atoms with Gasteiger partial charge in [-0.05, 0) is 18.5 Å². The summed E-state index contributed by atoms with van der Waals surface area (Å²) in [6.45, 7) is 14.9. The third kappa shape index (κ3) is 57.6. The predicted molar refractivity (Wildman–Crippen MR) is 80.9 cm³/mol. The Balaban J connectivity index is -0.0000000401. The summed E-state index contributed by atoms with van der Waals surface area (Å²) in [4.78, 5) is 32.0.